The van der Waals surface area contributed by atoms with Crippen LogP contribution in [0.25, 0.3) is 0 Å². The first kappa shape index (κ1) is 15.0. The van der Waals surface area contributed by atoms with E-state index in [2.05, 4.69) is 10.6 Å². The van der Waals surface area contributed by atoms with E-state index in [1.165, 1.54) is 6.42 Å². The van der Waals surface area contributed by atoms with Crippen LogP contribution in [0.2, 0.25) is 0 Å². The topological polar surface area (TPSA) is 84.2 Å². The molecule has 0 aliphatic heterocycles. The van der Waals surface area contributed by atoms with E-state index in [0.717, 1.165) is 25.7 Å². The van der Waals surface area contributed by atoms with Crippen LogP contribution in [-0.4, -0.2) is 31.4 Å². The molecule has 4 N–H and O–H groups in total. The van der Waals surface area contributed by atoms with Crippen molar-refractivity contribution >= 4 is 11.8 Å². The highest BCUT2D eigenvalue weighted by Gasteiger charge is 2.32. The highest BCUT2D eigenvalue weighted by atomic mass is 16.2. The number of hydrogen-bond acceptors (Lipinski definition) is 3. The summed E-state index contributed by atoms with van der Waals surface area (Å²) in [6.07, 6.45) is 6.04. The van der Waals surface area contributed by atoms with Crippen molar-refractivity contribution in [3.63, 3.8) is 0 Å². The maximum Gasteiger partial charge on any atom is 0.239 e. The van der Waals surface area contributed by atoms with Crippen LogP contribution >= 0.6 is 0 Å². The summed E-state index contributed by atoms with van der Waals surface area (Å²) >= 11 is 0. The van der Waals surface area contributed by atoms with E-state index in [4.69, 9.17) is 5.73 Å². The van der Waals surface area contributed by atoms with Crippen molar-refractivity contribution in [1.29, 1.82) is 0 Å². The van der Waals surface area contributed by atoms with Crippen molar-refractivity contribution < 1.29 is 9.59 Å². The van der Waals surface area contributed by atoms with Gasteiger partial charge in [0, 0.05) is 13.0 Å². The predicted octanol–water partition coefficient (Wildman–Crippen LogP) is 0.538. The van der Waals surface area contributed by atoms with Gasteiger partial charge >= 0.3 is 0 Å². The Morgan fingerprint density at radius 1 is 1.11 bits per heavy atom. The molecule has 0 saturated heterocycles. The lowest BCUT2D eigenvalue weighted by atomic mass is 9.71. The Morgan fingerprint density at radius 3 is 2.33 bits per heavy atom. The summed E-state index contributed by atoms with van der Waals surface area (Å²) in [7, 11) is 0. The first-order valence-electron chi connectivity index (χ1n) is 6.85. The third kappa shape index (κ3) is 4.64. The van der Waals surface area contributed by atoms with Gasteiger partial charge in [0.05, 0.1) is 6.54 Å². The molecule has 1 saturated carbocycles. The molecule has 1 fully saturated rings. The van der Waals surface area contributed by atoms with E-state index in [0.29, 0.717) is 19.5 Å². The van der Waals surface area contributed by atoms with E-state index < -0.39 is 0 Å². The second-order valence-corrected chi connectivity index (χ2v) is 5.17. The molecule has 0 aromatic rings. The molecule has 0 spiro atoms. The smallest absolute Gasteiger partial charge is 0.239 e. The van der Waals surface area contributed by atoms with Crippen molar-refractivity contribution in [2.24, 2.45) is 11.1 Å². The summed E-state index contributed by atoms with van der Waals surface area (Å²) in [6, 6.07) is 0. The van der Waals surface area contributed by atoms with Gasteiger partial charge in [0.2, 0.25) is 11.8 Å². The van der Waals surface area contributed by atoms with Crippen LogP contribution in [0.15, 0.2) is 0 Å². The lowest BCUT2D eigenvalue weighted by Gasteiger charge is -2.35. The van der Waals surface area contributed by atoms with Gasteiger partial charge in [-0.2, -0.15) is 0 Å². The highest BCUT2D eigenvalue weighted by Crippen LogP contribution is 2.38. The van der Waals surface area contributed by atoms with Crippen LogP contribution in [-0.2, 0) is 9.59 Å². The molecule has 104 valence electrons. The van der Waals surface area contributed by atoms with Crippen LogP contribution in [0.1, 0.15) is 45.4 Å². The van der Waals surface area contributed by atoms with Crippen molar-refractivity contribution in [3.8, 4) is 0 Å². The zero-order valence-electron chi connectivity index (χ0n) is 11.3. The van der Waals surface area contributed by atoms with E-state index in [9.17, 15) is 9.59 Å². The molecule has 0 unspecified atom stereocenters. The van der Waals surface area contributed by atoms with Crippen LogP contribution < -0.4 is 16.4 Å². The fourth-order valence-corrected chi connectivity index (χ4v) is 2.60. The highest BCUT2D eigenvalue weighted by molar-refractivity contribution is 5.84. The second kappa shape index (κ2) is 7.36. The first-order chi connectivity index (χ1) is 8.62. The Labute approximate surface area is 109 Å². The average Bonchev–Trinajstić information content (AvgIpc) is 2.38. The number of nitrogens with one attached hydrogen (secondary N) is 2. The minimum atomic E-state index is -0.142. The first-order valence-corrected chi connectivity index (χ1v) is 6.85. The second-order valence-electron chi connectivity index (χ2n) is 5.17. The van der Waals surface area contributed by atoms with E-state index in [1.807, 2.05) is 6.92 Å². The van der Waals surface area contributed by atoms with Crippen LogP contribution in [0.4, 0.5) is 0 Å². The molecule has 1 aliphatic rings. The van der Waals surface area contributed by atoms with Gasteiger partial charge in [0.25, 0.3) is 0 Å². The van der Waals surface area contributed by atoms with Gasteiger partial charge < -0.3 is 16.4 Å². The molecule has 5 heteroatoms. The molecule has 1 aliphatic carbocycles. The van der Waals surface area contributed by atoms with E-state index in [1.54, 1.807) is 0 Å². The predicted molar refractivity (Wildman–Crippen MR) is 70.9 cm³/mol. The van der Waals surface area contributed by atoms with Gasteiger partial charge in [-0.15, -0.1) is 0 Å². The molecule has 5 nitrogen and oxygen atoms in total. The van der Waals surface area contributed by atoms with Crippen molar-refractivity contribution in [1.82, 2.24) is 10.6 Å². The lowest BCUT2D eigenvalue weighted by molar-refractivity contribution is -0.127. The van der Waals surface area contributed by atoms with Gasteiger partial charge in [-0.3, -0.25) is 9.59 Å². The number of hydrogen-bond donors (Lipinski definition) is 3. The normalized spacial score (nSPS) is 18.1. The van der Waals surface area contributed by atoms with Crippen molar-refractivity contribution in [2.75, 3.05) is 19.6 Å². The fraction of sp³-hybridized carbons (Fsp3) is 0.846. The van der Waals surface area contributed by atoms with Crippen LogP contribution in [0.5, 0.6) is 0 Å². The minimum Gasteiger partial charge on any atom is -0.355 e. The maximum absolute atomic E-state index is 11.8. The summed E-state index contributed by atoms with van der Waals surface area (Å²) in [6.45, 7) is 3.06. The van der Waals surface area contributed by atoms with Crippen molar-refractivity contribution in [2.45, 2.75) is 45.4 Å². The molecular formula is C13H25N3O2. The van der Waals surface area contributed by atoms with Crippen LogP contribution in [0.3, 0.4) is 0 Å². The van der Waals surface area contributed by atoms with E-state index in [-0.39, 0.29) is 23.8 Å². The largest absolute Gasteiger partial charge is 0.355 e. The van der Waals surface area contributed by atoms with Gasteiger partial charge in [-0.25, -0.2) is 0 Å². The number of carbonyl (C=O) groups excluding carboxylic acids is 2. The third-order valence-electron chi connectivity index (χ3n) is 3.70. The van der Waals surface area contributed by atoms with Crippen molar-refractivity contribution in [3.05, 3.63) is 0 Å². The Bertz CT molecular complexity index is 286. The Hall–Kier alpha value is -1.10. The Balaban J connectivity index is 2.35. The van der Waals surface area contributed by atoms with E-state index >= 15 is 0 Å². The Kier molecular flexibility index (Phi) is 6.12. The number of rotatable bonds is 6. The Morgan fingerprint density at radius 2 is 1.78 bits per heavy atom. The zero-order valence-corrected chi connectivity index (χ0v) is 11.3. The lowest BCUT2D eigenvalue weighted by Crippen LogP contribution is -2.41. The summed E-state index contributed by atoms with van der Waals surface area (Å²) in [4.78, 5) is 23.1. The third-order valence-corrected chi connectivity index (χ3v) is 3.70. The average molecular weight is 255 g/mol. The molecule has 0 atom stereocenters. The number of nitrogens with two attached hydrogens (primary N) is 1. The zero-order chi connectivity index (χ0) is 13.4. The maximum atomic E-state index is 11.8. The minimum absolute atomic E-state index is 0.0381. The summed E-state index contributed by atoms with van der Waals surface area (Å²) in [5.41, 5.74) is 5.79. The van der Waals surface area contributed by atoms with Gasteiger partial charge in [0.15, 0.2) is 0 Å². The molecule has 0 heterocycles. The molecule has 0 aromatic heterocycles. The standard InChI is InChI=1S/C13H25N3O2/c1-2-15-12(18)9-16-11(17)8-13(10-14)6-4-3-5-7-13/h2-10,14H2,1H3,(H,15,18)(H,16,17). The SMILES string of the molecule is CCNC(=O)CNC(=O)CC1(CN)CCCCC1. The van der Waals surface area contributed by atoms with Crippen LogP contribution in [0, 0.1) is 5.41 Å². The molecular weight excluding hydrogens is 230 g/mol. The molecule has 18 heavy (non-hydrogen) atoms. The van der Waals surface area contributed by atoms with Gasteiger partial charge in [-0.05, 0) is 31.7 Å². The molecule has 0 radical (unpaired) electrons. The number of likely N-dealkylation sites (N-methyl/N-ethyl adjacent to an activating group) is 1. The summed E-state index contributed by atoms with van der Waals surface area (Å²) in [5.74, 6) is -0.204. The molecule has 1 rings (SSSR count). The molecule has 0 aromatic carbocycles. The van der Waals surface area contributed by atoms with Gasteiger partial charge in [-0.1, -0.05) is 19.3 Å². The number of carbonyl (C=O) groups is 2. The molecule has 0 bridgehead atoms. The fourth-order valence-electron chi connectivity index (χ4n) is 2.60. The van der Waals surface area contributed by atoms with Gasteiger partial charge in [0.1, 0.15) is 0 Å². The summed E-state index contributed by atoms with van der Waals surface area (Å²) < 4.78 is 0. The monoisotopic (exact) mass is 255 g/mol. The summed E-state index contributed by atoms with van der Waals surface area (Å²) in [5, 5.41) is 5.32. The molecule has 2 amide bonds. The quantitative estimate of drug-likeness (QED) is 0.647. The number of amides is 2.